The van der Waals surface area contributed by atoms with Crippen LogP contribution in [0.3, 0.4) is 0 Å². The highest BCUT2D eigenvalue weighted by Gasteiger charge is 2.18. The predicted octanol–water partition coefficient (Wildman–Crippen LogP) is 2.34. The van der Waals surface area contributed by atoms with Crippen molar-refractivity contribution in [3.8, 4) is 0 Å². The molecule has 0 aliphatic heterocycles. The van der Waals surface area contributed by atoms with Crippen molar-refractivity contribution in [2.45, 2.75) is 33.4 Å². The van der Waals surface area contributed by atoms with Crippen molar-refractivity contribution in [2.75, 3.05) is 13.6 Å². The van der Waals surface area contributed by atoms with E-state index in [9.17, 15) is 4.79 Å². The first kappa shape index (κ1) is 14.2. The number of nitrogens with one attached hydrogen (secondary N) is 1. The summed E-state index contributed by atoms with van der Waals surface area (Å²) in [6.45, 7) is 7.84. The van der Waals surface area contributed by atoms with E-state index in [1.807, 2.05) is 31.5 Å². The van der Waals surface area contributed by atoms with Crippen molar-refractivity contribution in [3.05, 3.63) is 22.4 Å². The Bertz CT molecular complexity index is 335. The monoisotopic (exact) mass is 254 g/mol. The first-order valence-electron chi connectivity index (χ1n) is 6.01. The number of hydrogen-bond acceptors (Lipinski definition) is 3. The van der Waals surface area contributed by atoms with Crippen LogP contribution in [-0.2, 0) is 11.3 Å². The fourth-order valence-electron chi connectivity index (χ4n) is 1.67. The molecule has 0 spiro atoms. The average Bonchev–Trinajstić information content (AvgIpc) is 2.76. The normalized spacial score (nSPS) is 13.1. The van der Waals surface area contributed by atoms with Gasteiger partial charge in [0.15, 0.2) is 0 Å². The summed E-state index contributed by atoms with van der Waals surface area (Å²) in [5, 5.41) is 4.99. The lowest BCUT2D eigenvalue weighted by molar-refractivity contribution is -0.125. The van der Waals surface area contributed by atoms with Crippen molar-refractivity contribution in [1.82, 2.24) is 10.2 Å². The van der Waals surface area contributed by atoms with Crippen LogP contribution >= 0.6 is 11.3 Å². The number of rotatable bonds is 6. The van der Waals surface area contributed by atoms with E-state index in [0.717, 1.165) is 6.54 Å². The van der Waals surface area contributed by atoms with Gasteiger partial charge in [-0.3, -0.25) is 9.69 Å². The van der Waals surface area contributed by atoms with Gasteiger partial charge >= 0.3 is 0 Å². The SMILES string of the molecule is CC(C)CN(C)[C@H](C)C(=O)NCc1cccs1. The molecule has 0 unspecified atom stereocenters. The lowest BCUT2D eigenvalue weighted by Gasteiger charge is -2.25. The lowest BCUT2D eigenvalue weighted by Crippen LogP contribution is -2.44. The molecule has 17 heavy (non-hydrogen) atoms. The van der Waals surface area contributed by atoms with Crippen LogP contribution in [0.4, 0.5) is 0 Å². The van der Waals surface area contributed by atoms with E-state index in [4.69, 9.17) is 0 Å². The molecular formula is C13H22N2OS. The molecule has 3 nitrogen and oxygen atoms in total. The molecule has 0 radical (unpaired) electrons. The van der Waals surface area contributed by atoms with Gasteiger partial charge in [-0.1, -0.05) is 19.9 Å². The van der Waals surface area contributed by atoms with Gasteiger partial charge in [-0.15, -0.1) is 11.3 Å². The summed E-state index contributed by atoms with van der Waals surface area (Å²) in [7, 11) is 2.00. The maximum Gasteiger partial charge on any atom is 0.237 e. The molecule has 0 aliphatic carbocycles. The van der Waals surface area contributed by atoms with Crippen LogP contribution in [0.1, 0.15) is 25.6 Å². The number of likely N-dealkylation sites (N-methyl/N-ethyl adjacent to an activating group) is 1. The highest BCUT2D eigenvalue weighted by Crippen LogP contribution is 2.08. The molecule has 96 valence electrons. The third kappa shape index (κ3) is 4.88. The lowest BCUT2D eigenvalue weighted by atomic mass is 10.2. The third-order valence-corrected chi connectivity index (χ3v) is 3.59. The van der Waals surface area contributed by atoms with E-state index < -0.39 is 0 Å². The van der Waals surface area contributed by atoms with Crippen LogP contribution in [0, 0.1) is 5.92 Å². The Kier molecular flexibility index (Phi) is 5.65. The van der Waals surface area contributed by atoms with Crippen molar-refractivity contribution < 1.29 is 4.79 Å². The molecule has 4 heteroatoms. The third-order valence-electron chi connectivity index (χ3n) is 2.71. The fourth-order valence-corrected chi connectivity index (χ4v) is 2.31. The Morgan fingerprint density at radius 3 is 2.71 bits per heavy atom. The quantitative estimate of drug-likeness (QED) is 0.845. The number of amides is 1. The van der Waals surface area contributed by atoms with Gasteiger partial charge in [0.05, 0.1) is 12.6 Å². The Morgan fingerprint density at radius 1 is 1.47 bits per heavy atom. The number of hydrogen-bond donors (Lipinski definition) is 1. The number of thiophene rings is 1. The van der Waals surface area contributed by atoms with E-state index in [1.54, 1.807) is 11.3 Å². The molecule has 1 amide bonds. The van der Waals surface area contributed by atoms with Crippen LogP contribution in [0.25, 0.3) is 0 Å². The zero-order valence-electron chi connectivity index (χ0n) is 11.1. The van der Waals surface area contributed by atoms with Gasteiger partial charge in [0.1, 0.15) is 0 Å². The molecule has 1 heterocycles. The topological polar surface area (TPSA) is 32.3 Å². The summed E-state index contributed by atoms with van der Waals surface area (Å²) in [6.07, 6.45) is 0. The van der Waals surface area contributed by atoms with Crippen LogP contribution < -0.4 is 5.32 Å². The first-order chi connectivity index (χ1) is 8.00. The van der Waals surface area contributed by atoms with Gasteiger partial charge < -0.3 is 5.32 Å². The van der Waals surface area contributed by atoms with Gasteiger partial charge in [-0.25, -0.2) is 0 Å². The number of carbonyl (C=O) groups is 1. The molecule has 0 saturated carbocycles. The molecule has 0 aromatic carbocycles. The van der Waals surface area contributed by atoms with Crippen molar-refractivity contribution in [2.24, 2.45) is 5.92 Å². The Morgan fingerprint density at radius 2 is 2.18 bits per heavy atom. The fraction of sp³-hybridized carbons (Fsp3) is 0.615. The number of nitrogens with zero attached hydrogens (tertiary/aromatic N) is 1. The Hall–Kier alpha value is -0.870. The van der Waals surface area contributed by atoms with Crippen molar-refractivity contribution in [3.63, 3.8) is 0 Å². The molecule has 1 rings (SSSR count). The Balaban J connectivity index is 2.36. The molecule has 1 aromatic heterocycles. The molecule has 1 atom stereocenters. The zero-order chi connectivity index (χ0) is 12.8. The summed E-state index contributed by atoms with van der Waals surface area (Å²) in [4.78, 5) is 15.2. The van der Waals surface area contributed by atoms with Crippen molar-refractivity contribution >= 4 is 17.2 Å². The van der Waals surface area contributed by atoms with Gasteiger partial charge in [0.25, 0.3) is 0 Å². The minimum absolute atomic E-state index is 0.0719. The molecule has 1 aromatic rings. The predicted molar refractivity (Wildman–Crippen MR) is 73.1 cm³/mol. The summed E-state index contributed by atoms with van der Waals surface area (Å²) in [6, 6.07) is 3.96. The number of carbonyl (C=O) groups excluding carboxylic acids is 1. The second-order valence-corrected chi connectivity index (χ2v) is 5.84. The van der Waals surface area contributed by atoms with Gasteiger partial charge in [-0.2, -0.15) is 0 Å². The molecule has 0 fully saturated rings. The van der Waals surface area contributed by atoms with Gasteiger partial charge in [0, 0.05) is 11.4 Å². The van der Waals surface area contributed by atoms with Crippen molar-refractivity contribution in [1.29, 1.82) is 0 Å². The smallest absolute Gasteiger partial charge is 0.237 e. The molecule has 0 saturated heterocycles. The maximum absolute atomic E-state index is 11.9. The highest BCUT2D eigenvalue weighted by molar-refractivity contribution is 7.09. The van der Waals surface area contributed by atoms with Crippen LogP contribution in [0.5, 0.6) is 0 Å². The molecule has 1 N–H and O–H groups in total. The van der Waals surface area contributed by atoms with E-state index in [2.05, 4.69) is 24.1 Å². The minimum Gasteiger partial charge on any atom is -0.350 e. The molecule has 0 aliphatic rings. The van der Waals surface area contributed by atoms with Crippen LogP contribution in [0.15, 0.2) is 17.5 Å². The van der Waals surface area contributed by atoms with E-state index >= 15 is 0 Å². The van der Waals surface area contributed by atoms with E-state index in [0.29, 0.717) is 12.5 Å². The van der Waals surface area contributed by atoms with E-state index in [1.165, 1.54) is 4.88 Å². The highest BCUT2D eigenvalue weighted by atomic mass is 32.1. The first-order valence-corrected chi connectivity index (χ1v) is 6.89. The second-order valence-electron chi connectivity index (χ2n) is 4.81. The summed E-state index contributed by atoms with van der Waals surface area (Å²) < 4.78 is 0. The standard InChI is InChI=1S/C13H22N2OS/c1-10(2)9-15(4)11(3)13(16)14-8-12-6-5-7-17-12/h5-7,10-11H,8-9H2,1-4H3,(H,14,16)/t11-/m1/s1. The zero-order valence-corrected chi connectivity index (χ0v) is 11.9. The maximum atomic E-state index is 11.9. The molecule has 0 bridgehead atoms. The van der Waals surface area contributed by atoms with Gasteiger partial charge in [0.2, 0.25) is 5.91 Å². The largest absolute Gasteiger partial charge is 0.350 e. The summed E-state index contributed by atoms with van der Waals surface area (Å²) in [5.74, 6) is 0.675. The summed E-state index contributed by atoms with van der Waals surface area (Å²) >= 11 is 1.67. The average molecular weight is 254 g/mol. The van der Waals surface area contributed by atoms with Crippen LogP contribution in [-0.4, -0.2) is 30.4 Å². The minimum atomic E-state index is -0.0719. The molecular weight excluding hydrogens is 232 g/mol. The van der Waals surface area contributed by atoms with Gasteiger partial charge in [-0.05, 0) is 31.3 Å². The van der Waals surface area contributed by atoms with Crippen LogP contribution in [0.2, 0.25) is 0 Å². The van der Waals surface area contributed by atoms with E-state index in [-0.39, 0.29) is 11.9 Å². The Labute approximate surface area is 108 Å². The summed E-state index contributed by atoms with van der Waals surface area (Å²) in [5.41, 5.74) is 0. The second kappa shape index (κ2) is 6.77.